The number of aromatic nitrogens is 2. The molecule has 3 aromatic rings. The molecule has 2 aromatic carbocycles. The first-order valence-electron chi connectivity index (χ1n) is 13.5. The second kappa shape index (κ2) is 11.0. The van der Waals surface area contributed by atoms with E-state index in [1.807, 2.05) is 51.1 Å². The van der Waals surface area contributed by atoms with Gasteiger partial charge in [-0.05, 0) is 89.2 Å². The van der Waals surface area contributed by atoms with Crippen molar-refractivity contribution in [3.63, 3.8) is 0 Å². The summed E-state index contributed by atoms with van der Waals surface area (Å²) in [6.45, 7) is 8.70. The number of hydrogen-bond donors (Lipinski definition) is 3. The van der Waals surface area contributed by atoms with Gasteiger partial charge in [0.25, 0.3) is 11.5 Å². The Bertz CT molecular complexity index is 1360. The molecule has 0 unspecified atom stereocenters. The fraction of sp³-hybridized carbons (Fsp3) is 0.433. The minimum atomic E-state index is -0.628. The van der Waals surface area contributed by atoms with Gasteiger partial charge in [-0.15, -0.1) is 0 Å². The average molecular weight is 516 g/mol. The van der Waals surface area contributed by atoms with Gasteiger partial charge in [-0.3, -0.25) is 14.2 Å². The van der Waals surface area contributed by atoms with Crippen LogP contribution in [0.4, 0.5) is 5.82 Å². The molecule has 0 radical (unpaired) electrons. The van der Waals surface area contributed by atoms with Gasteiger partial charge in [-0.25, -0.2) is 4.98 Å². The number of para-hydroxylation sites is 1. The van der Waals surface area contributed by atoms with E-state index < -0.39 is 5.54 Å². The second-order valence-electron chi connectivity index (χ2n) is 11.0. The molecule has 1 saturated heterocycles. The van der Waals surface area contributed by atoms with Gasteiger partial charge in [0, 0.05) is 29.6 Å². The molecule has 3 N–H and O–H groups in total. The Labute approximate surface area is 223 Å². The fourth-order valence-corrected chi connectivity index (χ4v) is 4.92. The monoisotopic (exact) mass is 515 g/mol. The Morgan fingerprint density at radius 1 is 1.13 bits per heavy atom. The molecule has 0 atom stereocenters. The predicted octanol–water partition coefficient (Wildman–Crippen LogP) is 4.16. The molecule has 38 heavy (non-hydrogen) atoms. The summed E-state index contributed by atoms with van der Waals surface area (Å²) in [7, 11) is 0. The van der Waals surface area contributed by atoms with Crippen LogP contribution < -0.4 is 26.2 Å². The smallest absolute Gasteiger partial charge is 0.297 e. The highest BCUT2D eigenvalue weighted by molar-refractivity contribution is 5.95. The molecule has 8 nitrogen and oxygen atoms in total. The van der Waals surface area contributed by atoms with Crippen LogP contribution in [0, 0.1) is 12.8 Å². The summed E-state index contributed by atoms with van der Waals surface area (Å²) in [4.78, 5) is 30.6. The van der Waals surface area contributed by atoms with Crippen molar-refractivity contribution in [3.8, 4) is 11.4 Å². The summed E-state index contributed by atoms with van der Waals surface area (Å²) in [5.74, 6) is 1.47. The minimum absolute atomic E-state index is 0.114. The summed E-state index contributed by atoms with van der Waals surface area (Å²) in [6, 6.07) is 13.7. The Hall–Kier alpha value is -3.65. The Morgan fingerprint density at radius 2 is 1.89 bits per heavy atom. The van der Waals surface area contributed by atoms with E-state index in [4.69, 9.17) is 4.74 Å². The second-order valence-corrected chi connectivity index (χ2v) is 11.0. The normalized spacial score (nSPS) is 16.2. The number of carbonyl (C=O) groups is 1. The minimum Gasteiger partial charge on any atom is -0.493 e. The Morgan fingerprint density at radius 3 is 2.66 bits per heavy atom. The number of nitrogens with zero attached hydrogens (tertiary/aromatic N) is 2. The zero-order valence-corrected chi connectivity index (χ0v) is 22.4. The van der Waals surface area contributed by atoms with Crippen molar-refractivity contribution < 1.29 is 9.53 Å². The maximum absolute atomic E-state index is 13.6. The number of aryl methyl sites for hydroxylation is 1. The Kier molecular flexibility index (Phi) is 7.51. The summed E-state index contributed by atoms with van der Waals surface area (Å²) in [5, 5.41) is 9.78. The highest BCUT2D eigenvalue weighted by Gasteiger charge is 2.27. The number of anilines is 1. The van der Waals surface area contributed by atoms with Crippen LogP contribution >= 0.6 is 0 Å². The largest absolute Gasteiger partial charge is 0.493 e. The maximum Gasteiger partial charge on any atom is 0.297 e. The number of piperidine rings is 1. The topological polar surface area (TPSA) is 97.3 Å². The highest BCUT2D eigenvalue weighted by Crippen LogP contribution is 2.32. The van der Waals surface area contributed by atoms with Crippen LogP contribution in [0.25, 0.3) is 5.69 Å². The SMILES string of the molecule is Cc1ccc(C(=O)NC2CC2)cc1-n1ccnc(NC(C)(C)c2ccccc2OCC2CCNCC2)c1=O. The summed E-state index contributed by atoms with van der Waals surface area (Å²) < 4.78 is 7.85. The van der Waals surface area contributed by atoms with Crippen LogP contribution in [0.3, 0.4) is 0 Å². The molecular formula is C30H37N5O3. The zero-order valence-electron chi connectivity index (χ0n) is 22.4. The predicted molar refractivity (Wildman–Crippen MR) is 149 cm³/mol. The van der Waals surface area contributed by atoms with E-state index in [9.17, 15) is 9.59 Å². The quantitative estimate of drug-likeness (QED) is 0.396. The van der Waals surface area contributed by atoms with Gasteiger partial charge >= 0.3 is 0 Å². The summed E-state index contributed by atoms with van der Waals surface area (Å²) in [5.41, 5.74) is 2.14. The van der Waals surface area contributed by atoms with Gasteiger partial charge in [-0.2, -0.15) is 0 Å². The van der Waals surface area contributed by atoms with E-state index in [1.165, 1.54) is 0 Å². The van der Waals surface area contributed by atoms with Crippen LogP contribution in [0.2, 0.25) is 0 Å². The molecule has 1 aromatic heterocycles. The van der Waals surface area contributed by atoms with E-state index in [0.29, 0.717) is 23.8 Å². The van der Waals surface area contributed by atoms with E-state index in [2.05, 4.69) is 20.9 Å². The number of amides is 1. The first-order valence-corrected chi connectivity index (χ1v) is 13.5. The van der Waals surface area contributed by atoms with E-state index >= 15 is 0 Å². The fourth-order valence-electron chi connectivity index (χ4n) is 4.92. The average Bonchev–Trinajstić information content (AvgIpc) is 3.74. The van der Waals surface area contributed by atoms with Crippen LogP contribution in [0.5, 0.6) is 5.75 Å². The van der Waals surface area contributed by atoms with Crippen molar-refractivity contribution >= 4 is 11.7 Å². The number of hydrogen-bond acceptors (Lipinski definition) is 6. The van der Waals surface area contributed by atoms with Gasteiger partial charge < -0.3 is 20.7 Å². The van der Waals surface area contributed by atoms with Crippen molar-refractivity contribution in [2.24, 2.45) is 5.92 Å². The molecule has 2 fully saturated rings. The van der Waals surface area contributed by atoms with Crippen molar-refractivity contribution in [3.05, 3.63) is 81.9 Å². The van der Waals surface area contributed by atoms with Gasteiger partial charge in [-0.1, -0.05) is 24.3 Å². The molecule has 1 aliphatic heterocycles. The van der Waals surface area contributed by atoms with E-state index in [-0.39, 0.29) is 23.3 Å². The van der Waals surface area contributed by atoms with Crippen LogP contribution in [0.1, 0.15) is 61.0 Å². The van der Waals surface area contributed by atoms with Crippen LogP contribution in [0.15, 0.2) is 59.7 Å². The van der Waals surface area contributed by atoms with Gasteiger partial charge in [0.05, 0.1) is 17.8 Å². The lowest BCUT2D eigenvalue weighted by Gasteiger charge is -2.30. The molecule has 1 amide bonds. The van der Waals surface area contributed by atoms with Gasteiger partial charge in [0.1, 0.15) is 5.75 Å². The van der Waals surface area contributed by atoms with Crippen LogP contribution in [-0.2, 0) is 5.54 Å². The van der Waals surface area contributed by atoms with Gasteiger partial charge in [0.15, 0.2) is 5.82 Å². The van der Waals surface area contributed by atoms with Crippen molar-refractivity contribution in [2.75, 3.05) is 25.0 Å². The third-order valence-corrected chi connectivity index (χ3v) is 7.41. The molecule has 0 spiro atoms. The summed E-state index contributed by atoms with van der Waals surface area (Å²) >= 11 is 0. The number of carbonyl (C=O) groups excluding carboxylic acids is 1. The lowest BCUT2D eigenvalue weighted by atomic mass is 9.93. The van der Waals surface area contributed by atoms with Crippen molar-refractivity contribution in [2.45, 2.75) is 58.0 Å². The molecule has 2 aliphatic rings. The third-order valence-electron chi connectivity index (χ3n) is 7.41. The molecule has 2 heterocycles. The first kappa shape index (κ1) is 26.0. The van der Waals surface area contributed by atoms with E-state index in [0.717, 1.165) is 55.6 Å². The molecule has 5 rings (SSSR count). The van der Waals surface area contributed by atoms with Crippen LogP contribution in [-0.4, -0.2) is 41.2 Å². The standard InChI is InChI=1S/C30H37N5O3/c1-20-8-9-22(28(36)33-23-10-11-23)18-25(20)35-17-16-32-27(29(35)37)34-30(2,3)24-6-4-5-7-26(24)38-19-21-12-14-31-15-13-21/h4-9,16-18,21,23,31H,10-15,19H2,1-3H3,(H,32,34)(H,33,36). The van der Waals surface area contributed by atoms with Gasteiger partial charge in [0.2, 0.25) is 0 Å². The Balaban J connectivity index is 1.39. The summed E-state index contributed by atoms with van der Waals surface area (Å²) in [6.07, 6.45) is 7.51. The highest BCUT2D eigenvalue weighted by atomic mass is 16.5. The van der Waals surface area contributed by atoms with Crippen molar-refractivity contribution in [1.82, 2.24) is 20.2 Å². The number of nitrogens with one attached hydrogen (secondary N) is 3. The lowest BCUT2D eigenvalue weighted by molar-refractivity contribution is 0.0951. The first-order chi connectivity index (χ1) is 18.3. The van der Waals surface area contributed by atoms with Crippen molar-refractivity contribution in [1.29, 1.82) is 0 Å². The molecule has 1 aliphatic carbocycles. The molecule has 200 valence electrons. The van der Waals surface area contributed by atoms with E-state index in [1.54, 1.807) is 29.1 Å². The maximum atomic E-state index is 13.6. The number of benzene rings is 2. The number of ether oxygens (including phenoxy) is 1. The lowest BCUT2D eigenvalue weighted by Crippen LogP contribution is -2.34. The number of rotatable bonds is 9. The zero-order chi connectivity index (χ0) is 26.7. The molecule has 8 heteroatoms. The third kappa shape index (κ3) is 5.91. The molecular weight excluding hydrogens is 478 g/mol. The molecule has 0 bridgehead atoms. The molecule has 1 saturated carbocycles.